The molecule has 0 aliphatic heterocycles. The highest BCUT2D eigenvalue weighted by molar-refractivity contribution is 5.93. The van der Waals surface area contributed by atoms with Crippen molar-refractivity contribution in [3.63, 3.8) is 0 Å². The van der Waals surface area contributed by atoms with Gasteiger partial charge in [-0.2, -0.15) is 0 Å². The molecule has 4 aliphatic rings. The average molecular weight is 383 g/mol. The van der Waals surface area contributed by atoms with E-state index in [1.54, 1.807) is 6.92 Å². The van der Waals surface area contributed by atoms with Crippen molar-refractivity contribution in [1.29, 1.82) is 0 Å². The molecule has 0 N–H and O–H groups in total. The van der Waals surface area contributed by atoms with Gasteiger partial charge in [-0.1, -0.05) is 37.6 Å². The Morgan fingerprint density at radius 2 is 1.93 bits per heavy atom. The Morgan fingerprint density at radius 1 is 1.21 bits per heavy atom. The lowest BCUT2D eigenvalue weighted by Crippen LogP contribution is -2.56. The van der Waals surface area contributed by atoms with Crippen LogP contribution in [0.1, 0.15) is 66.2 Å². The molecule has 5 atom stereocenters. The predicted octanol–water partition coefficient (Wildman–Crippen LogP) is 4.50. The number of hydrogen-bond donors (Lipinski definition) is 0. The summed E-state index contributed by atoms with van der Waals surface area (Å²) < 4.78 is 5.79. The Bertz CT molecular complexity index is 862. The van der Waals surface area contributed by atoms with Gasteiger partial charge in [0.05, 0.1) is 0 Å². The molecule has 0 amide bonds. The van der Waals surface area contributed by atoms with Gasteiger partial charge < -0.3 is 4.74 Å². The third kappa shape index (κ3) is 2.33. The topological polar surface area (TPSA) is 60.4 Å². The second-order valence-electron chi connectivity index (χ2n) is 9.67. The standard InChI is InChI=1S/C24H30O4/c1-14-12-18-19(22(4)9-6-17(27)13-21(14)22)7-10-23(5)20(18)8-11-24(23,15(2)25)28-16(3)26/h7,13,18,20H,1,6,8-12H2,2-5H3/t18?,20?,22-,23+,24+/m1/s1. The zero-order valence-corrected chi connectivity index (χ0v) is 17.4. The first kappa shape index (κ1) is 19.4. The summed E-state index contributed by atoms with van der Waals surface area (Å²) in [6, 6.07) is 0. The summed E-state index contributed by atoms with van der Waals surface area (Å²) in [5, 5.41) is 0. The van der Waals surface area contributed by atoms with Gasteiger partial charge in [0.2, 0.25) is 0 Å². The molecule has 4 nitrogen and oxygen atoms in total. The van der Waals surface area contributed by atoms with E-state index in [0.29, 0.717) is 18.8 Å². The van der Waals surface area contributed by atoms with Gasteiger partial charge in [0.1, 0.15) is 0 Å². The van der Waals surface area contributed by atoms with Crippen LogP contribution in [0.15, 0.2) is 35.5 Å². The maximum Gasteiger partial charge on any atom is 0.303 e. The number of rotatable bonds is 2. The zero-order chi connectivity index (χ0) is 20.5. The van der Waals surface area contributed by atoms with E-state index in [-0.39, 0.29) is 28.9 Å². The molecule has 0 spiro atoms. The van der Waals surface area contributed by atoms with E-state index in [0.717, 1.165) is 36.8 Å². The number of ether oxygens (including phenoxy) is 1. The van der Waals surface area contributed by atoms with Gasteiger partial charge in [-0.25, -0.2) is 0 Å². The minimum atomic E-state index is -1.04. The maximum absolute atomic E-state index is 12.8. The fourth-order valence-corrected chi connectivity index (χ4v) is 6.93. The molecule has 0 radical (unpaired) electrons. The van der Waals surface area contributed by atoms with Crippen molar-refractivity contribution in [1.82, 2.24) is 0 Å². The predicted molar refractivity (Wildman–Crippen MR) is 106 cm³/mol. The third-order valence-electron chi connectivity index (χ3n) is 8.32. The Kier molecular flexibility index (Phi) is 4.16. The summed E-state index contributed by atoms with van der Waals surface area (Å²) in [5.41, 5.74) is 1.98. The lowest BCUT2D eigenvalue weighted by atomic mass is 9.49. The molecule has 4 rings (SSSR count). The monoisotopic (exact) mass is 382 g/mol. The molecule has 2 saturated carbocycles. The number of esters is 1. The highest BCUT2D eigenvalue weighted by Gasteiger charge is 2.66. The number of hydrogen-bond acceptors (Lipinski definition) is 4. The molecule has 0 heterocycles. The second kappa shape index (κ2) is 6.01. The molecule has 0 saturated heterocycles. The van der Waals surface area contributed by atoms with Gasteiger partial charge in [-0.15, -0.1) is 0 Å². The lowest BCUT2D eigenvalue weighted by Gasteiger charge is -2.55. The fourth-order valence-electron chi connectivity index (χ4n) is 6.93. The van der Waals surface area contributed by atoms with E-state index in [9.17, 15) is 14.4 Å². The van der Waals surface area contributed by atoms with Crippen LogP contribution in [-0.4, -0.2) is 23.1 Å². The van der Waals surface area contributed by atoms with Crippen molar-refractivity contribution in [3.05, 3.63) is 35.5 Å². The SMILES string of the molecule is C=C1CC2C(=CC[C@@]3(C)C2CC[C@]3(OC(C)=O)C(C)=O)[C@@]2(C)CCC(=O)C=C12. The van der Waals surface area contributed by atoms with Crippen molar-refractivity contribution in [2.24, 2.45) is 22.7 Å². The molecule has 0 aromatic carbocycles. The number of carbonyl (C=O) groups excluding carboxylic acids is 3. The molecule has 0 aromatic rings. The largest absolute Gasteiger partial charge is 0.451 e. The number of Topliss-reactive ketones (excluding diaryl/α,β-unsaturated/α-hetero) is 1. The van der Waals surface area contributed by atoms with Gasteiger partial charge in [-0.05, 0) is 62.5 Å². The molecular formula is C24H30O4. The minimum Gasteiger partial charge on any atom is -0.451 e. The molecule has 4 heteroatoms. The number of fused-ring (bicyclic) bond motifs is 5. The lowest BCUT2D eigenvalue weighted by molar-refractivity contribution is -0.180. The van der Waals surface area contributed by atoms with E-state index in [1.165, 1.54) is 12.5 Å². The summed E-state index contributed by atoms with van der Waals surface area (Å²) in [5.74, 6) is 0.318. The molecule has 4 aliphatic carbocycles. The third-order valence-corrected chi connectivity index (χ3v) is 8.32. The smallest absolute Gasteiger partial charge is 0.303 e. The van der Waals surface area contributed by atoms with Gasteiger partial charge in [0.25, 0.3) is 0 Å². The minimum absolute atomic E-state index is 0.0470. The van der Waals surface area contributed by atoms with Gasteiger partial charge in [0, 0.05) is 24.2 Å². The van der Waals surface area contributed by atoms with Crippen LogP contribution in [0.3, 0.4) is 0 Å². The van der Waals surface area contributed by atoms with E-state index >= 15 is 0 Å². The van der Waals surface area contributed by atoms with Gasteiger partial charge in [-0.3, -0.25) is 14.4 Å². The van der Waals surface area contributed by atoms with Gasteiger partial charge >= 0.3 is 5.97 Å². The van der Waals surface area contributed by atoms with Crippen LogP contribution in [-0.2, 0) is 19.1 Å². The number of ketones is 2. The Hall–Kier alpha value is -1.97. The van der Waals surface area contributed by atoms with Crippen molar-refractivity contribution >= 4 is 17.5 Å². The van der Waals surface area contributed by atoms with Crippen molar-refractivity contribution in [2.45, 2.75) is 71.8 Å². The summed E-state index contributed by atoms with van der Waals surface area (Å²) in [6.45, 7) is 11.7. The maximum atomic E-state index is 12.8. The molecule has 150 valence electrons. The van der Waals surface area contributed by atoms with Crippen molar-refractivity contribution in [3.8, 4) is 0 Å². The first-order valence-electron chi connectivity index (χ1n) is 10.4. The van der Waals surface area contributed by atoms with Crippen LogP contribution in [0.5, 0.6) is 0 Å². The molecule has 28 heavy (non-hydrogen) atoms. The Labute approximate surface area is 167 Å². The first-order chi connectivity index (χ1) is 13.0. The summed E-state index contributed by atoms with van der Waals surface area (Å²) >= 11 is 0. The molecule has 2 unspecified atom stereocenters. The Balaban J connectivity index is 1.81. The van der Waals surface area contributed by atoms with Crippen LogP contribution in [0.4, 0.5) is 0 Å². The molecular weight excluding hydrogens is 352 g/mol. The van der Waals surface area contributed by atoms with E-state index in [2.05, 4.69) is 26.5 Å². The van der Waals surface area contributed by atoms with Crippen LogP contribution in [0, 0.1) is 22.7 Å². The normalized spacial score (nSPS) is 42.0. The van der Waals surface area contributed by atoms with Gasteiger partial charge in [0.15, 0.2) is 17.2 Å². The van der Waals surface area contributed by atoms with Crippen molar-refractivity contribution < 1.29 is 19.1 Å². The fraction of sp³-hybridized carbons (Fsp3) is 0.625. The Morgan fingerprint density at radius 3 is 2.57 bits per heavy atom. The summed E-state index contributed by atoms with van der Waals surface area (Å²) in [7, 11) is 0. The summed E-state index contributed by atoms with van der Waals surface area (Å²) in [6.07, 6.45) is 8.49. The quantitative estimate of drug-likeness (QED) is 0.521. The van der Waals surface area contributed by atoms with Crippen LogP contribution < -0.4 is 0 Å². The number of allylic oxidation sites excluding steroid dienone is 5. The van der Waals surface area contributed by atoms with Crippen LogP contribution >= 0.6 is 0 Å². The molecule has 2 fully saturated rings. The van der Waals surface area contributed by atoms with E-state index in [1.807, 2.05) is 6.08 Å². The van der Waals surface area contributed by atoms with Crippen molar-refractivity contribution in [2.75, 3.05) is 0 Å². The van der Waals surface area contributed by atoms with Crippen LogP contribution in [0.25, 0.3) is 0 Å². The van der Waals surface area contributed by atoms with E-state index < -0.39 is 11.0 Å². The first-order valence-corrected chi connectivity index (χ1v) is 10.4. The highest BCUT2D eigenvalue weighted by atomic mass is 16.6. The number of carbonyl (C=O) groups is 3. The average Bonchev–Trinajstić information content (AvgIpc) is 2.90. The zero-order valence-electron chi connectivity index (χ0n) is 17.4. The summed E-state index contributed by atoms with van der Waals surface area (Å²) in [4.78, 5) is 36.7. The highest BCUT2D eigenvalue weighted by Crippen LogP contribution is 2.67. The van der Waals surface area contributed by atoms with E-state index in [4.69, 9.17) is 4.74 Å². The van der Waals surface area contributed by atoms with Crippen LogP contribution in [0.2, 0.25) is 0 Å². The second-order valence-corrected chi connectivity index (χ2v) is 9.67. The molecule has 0 bridgehead atoms. The molecule has 0 aromatic heterocycles.